The summed E-state index contributed by atoms with van der Waals surface area (Å²) in [6.45, 7) is 1.32. The number of thiophene rings is 1. The number of esters is 1. The van der Waals surface area contributed by atoms with Gasteiger partial charge in [-0.05, 0) is 19.1 Å². The van der Waals surface area contributed by atoms with Gasteiger partial charge in [0.25, 0.3) is 11.7 Å². The average molecular weight is 430 g/mol. The lowest BCUT2D eigenvalue weighted by atomic mass is 10.3. The van der Waals surface area contributed by atoms with Crippen LogP contribution in [-0.4, -0.2) is 45.2 Å². The number of ether oxygens (including phenoxy) is 1. The number of nitrogens with one attached hydrogen (secondary N) is 2. The van der Waals surface area contributed by atoms with E-state index in [2.05, 4.69) is 25.2 Å². The van der Waals surface area contributed by atoms with Gasteiger partial charge < -0.3 is 10.1 Å². The first kappa shape index (κ1) is 21.3. The van der Waals surface area contributed by atoms with Gasteiger partial charge in [-0.25, -0.2) is 4.79 Å². The number of hydrogen-bond acceptors (Lipinski definition) is 7. The number of halogens is 6. The van der Waals surface area contributed by atoms with E-state index in [1.807, 2.05) is 0 Å². The van der Waals surface area contributed by atoms with E-state index < -0.39 is 46.9 Å². The van der Waals surface area contributed by atoms with E-state index in [1.54, 1.807) is 0 Å². The van der Waals surface area contributed by atoms with Crippen molar-refractivity contribution in [3.8, 4) is 6.01 Å². The Morgan fingerprint density at radius 1 is 1.11 bits per heavy atom. The molecule has 1 atom stereocenters. The monoisotopic (exact) mass is 430 g/mol. The molecule has 0 aliphatic heterocycles. The number of hydrogen-bond donors (Lipinski definition) is 2. The predicted octanol–water partition coefficient (Wildman–Crippen LogP) is 2.57. The number of rotatable bonds is 5. The van der Waals surface area contributed by atoms with Gasteiger partial charge in [-0.3, -0.25) is 14.7 Å². The number of carbonyl (C=O) groups excluding carboxylic acids is 3. The number of carbonyl (C=O) groups is 3. The molecule has 0 aromatic carbocycles. The number of aromatic amines is 1. The van der Waals surface area contributed by atoms with Gasteiger partial charge in [0, 0.05) is 0 Å². The summed E-state index contributed by atoms with van der Waals surface area (Å²) in [7, 11) is 0. The predicted molar refractivity (Wildman–Crippen MR) is 78.7 cm³/mol. The molecule has 15 heteroatoms. The summed E-state index contributed by atoms with van der Waals surface area (Å²) in [5.41, 5.74) is 0. The Labute approximate surface area is 154 Å². The van der Waals surface area contributed by atoms with Gasteiger partial charge in [-0.2, -0.15) is 31.3 Å². The molecule has 0 saturated heterocycles. The van der Waals surface area contributed by atoms with Crippen molar-refractivity contribution in [2.45, 2.75) is 25.3 Å². The molecule has 8 nitrogen and oxygen atoms in total. The standard InChI is InChI=1S/C13H8F6N4O4S/c1-4(8-21-11(23-22-8)27-10(26)13(17,18)19)20-9(25)6-3-2-5(28-6)7(24)12(14,15)16/h2-4H,1H3,(H,20,25)(H,21,22,23). The fraction of sp³-hybridized carbons (Fsp3) is 0.308. The molecule has 2 aromatic heterocycles. The molecule has 152 valence electrons. The zero-order valence-corrected chi connectivity index (χ0v) is 14.3. The van der Waals surface area contributed by atoms with Crippen LogP contribution < -0.4 is 10.1 Å². The molecule has 0 aliphatic rings. The van der Waals surface area contributed by atoms with Crippen LogP contribution in [0.15, 0.2) is 12.1 Å². The molecule has 0 radical (unpaired) electrons. The molecule has 0 fully saturated rings. The molecular weight excluding hydrogens is 422 g/mol. The smallest absolute Gasteiger partial charge is 0.383 e. The zero-order valence-electron chi connectivity index (χ0n) is 13.4. The minimum Gasteiger partial charge on any atom is -0.383 e. The van der Waals surface area contributed by atoms with Gasteiger partial charge in [0.15, 0.2) is 5.82 Å². The molecule has 0 saturated carbocycles. The number of alkyl halides is 6. The van der Waals surface area contributed by atoms with E-state index in [9.17, 15) is 40.7 Å². The normalized spacial score (nSPS) is 13.1. The Morgan fingerprint density at radius 2 is 1.71 bits per heavy atom. The van der Waals surface area contributed by atoms with Crippen LogP contribution in [0.25, 0.3) is 0 Å². The van der Waals surface area contributed by atoms with E-state index in [0.29, 0.717) is 11.3 Å². The van der Waals surface area contributed by atoms with Gasteiger partial charge in [0.2, 0.25) is 0 Å². The lowest BCUT2D eigenvalue weighted by Gasteiger charge is -2.09. The highest BCUT2D eigenvalue weighted by atomic mass is 32.1. The van der Waals surface area contributed by atoms with Crippen LogP contribution in [0, 0.1) is 0 Å². The first-order chi connectivity index (χ1) is 12.8. The molecule has 2 rings (SSSR count). The van der Waals surface area contributed by atoms with Crippen LogP contribution >= 0.6 is 11.3 Å². The maximum absolute atomic E-state index is 12.4. The molecule has 1 unspecified atom stereocenters. The number of ketones is 1. The number of Topliss-reactive ketones (excluding diaryl/α,β-unsaturated/α-hetero) is 1. The molecule has 0 aliphatic carbocycles. The molecule has 2 N–H and O–H groups in total. The van der Waals surface area contributed by atoms with Crippen molar-refractivity contribution in [2.75, 3.05) is 0 Å². The van der Waals surface area contributed by atoms with Gasteiger partial charge in [0.1, 0.15) is 0 Å². The van der Waals surface area contributed by atoms with Gasteiger partial charge in [0.05, 0.1) is 15.8 Å². The van der Waals surface area contributed by atoms with Crippen molar-refractivity contribution >= 4 is 29.0 Å². The summed E-state index contributed by atoms with van der Waals surface area (Å²) in [5, 5.41) is 7.65. The quantitative estimate of drug-likeness (QED) is 0.428. The van der Waals surface area contributed by atoms with Crippen LogP contribution in [0.1, 0.15) is 38.1 Å². The number of H-pyrrole nitrogens is 1. The van der Waals surface area contributed by atoms with Crippen molar-refractivity contribution in [3.05, 3.63) is 27.7 Å². The lowest BCUT2D eigenvalue weighted by molar-refractivity contribution is -0.190. The van der Waals surface area contributed by atoms with Gasteiger partial charge in [-0.1, -0.05) is 0 Å². The first-order valence-corrected chi connectivity index (χ1v) is 7.84. The minimum absolute atomic E-state index is 0.193. The Morgan fingerprint density at radius 3 is 2.29 bits per heavy atom. The highest BCUT2D eigenvalue weighted by molar-refractivity contribution is 7.16. The Kier molecular flexibility index (Phi) is 5.77. The summed E-state index contributed by atoms with van der Waals surface area (Å²) in [6, 6.07) is -0.0962. The van der Waals surface area contributed by atoms with Crippen molar-refractivity contribution < 1.29 is 45.5 Å². The molecule has 1 amide bonds. The summed E-state index contributed by atoms with van der Waals surface area (Å²) in [4.78, 5) is 36.4. The summed E-state index contributed by atoms with van der Waals surface area (Å²) < 4.78 is 77.3. The number of nitrogens with zero attached hydrogens (tertiary/aromatic N) is 2. The number of amides is 1. The fourth-order valence-corrected chi connectivity index (χ4v) is 2.57. The van der Waals surface area contributed by atoms with Crippen LogP contribution in [0.4, 0.5) is 26.3 Å². The molecule has 2 aromatic rings. The summed E-state index contributed by atoms with van der Waals surface area (Å²) in [5.74, 6) is -5.71. The second-order valence-corrected chi connectivity index (χ2v) is 6.16. The first-order valence-electron chi connectivity index (χ1n) is 7.02. The zero-order chi connectivity index (χ0) is 21.3. The number of aromatic nitrogens is 3. The third-order valence-corrected chi connectivity index (χ3v) is 4.05. The van der Waals surface area contributed by atoms with Crippen LogP contribution in [-0.2, 0) is 4.79 Å². The second-order valence-electron chi connectivity index (χ2n) is 5.08. The Balaban J connectivity index is 2.03. The van der Waals surface area contributed by atoms with E-state index in [4.69, 9.17) is 0 Å². The highest BCUT2D eigenvalue weighted by Gasteiger charge is 2.42. The average Bonchev–Trinajstić information content (AvgIpc) is 3.21. The maximum atomic E-state index is 12.4. The van der Waals surface area contributed by atoms with Gasteiger partial charge >= 0.3 is 24.3 Å². The highest BCUT2D eigenvalue weighted by Crippen LogP contribution is 2.27. The van der Waals surface area contributed by atoms with E-state index in [-0.39, 0.29) is 10.7 Å². The van der Waals surface area contributed by atoms with Crippen molar-refractivity contribution in [2.24, 2.45) is 0 Å². The SMILES string of the molecule is CC(NC(=O)c1ccc(C(=O)C(F)(F)F)s1)c1nc(OC(=O)C(F)(F)F)n[nH]1. The summed E-state index contributed by atoms with van der Waals surface area (Å²) >= 11 is 0.307. The second kappa shape index (κ2) is 7.57. The topological polar surface area (TPSA) is 114 Å². The van der Waals surface area contributed by atoms with E-state index >= 15 is 0 Å². The van der Waals surface area contributed by atoms with E-state index in [1.165, 1.54) is 6.92 Å². The van der Waals surface area contributed by atoms with Crippen molar-refractivity contribution in [1.82, 2.24) is 20.5 Å². The van der Waals surface area contributed by atoms with E-state index in [0.717, 1.165) is 12.1 Å². The molecular formula is C13H8F6N4O4S. The maximum Gasteiger partial charge on any atom is 0.491 e. The minimum atomic E-state index is -5.26. The largest absolute Gasteiger partial charge is 0.491 e. The molecule has 0 spiro atoms. The van der Waals surface area contributed by atoms with Crippen molar-refractivity contribution in [3.63, 3.8) is 0 Å². The summed E-state index contributed by atoms with van der Waals surface area (Å²) in [6.07, 6.45) is -10.3. The Hall–Kier alpha value is -2.97. The van der Waals surface area contributed by atoms with Crippen LogP contribution in [0.2, 0.25) is 0 Å². The van der Waals surface area contributed by atoms with Crippen LogP contribution in [0.5, 0.6) is 6.01 Å². The third-order valence-electron chi connectivity index (χ3n) is 2.97. The lowest BCUT2D eigenvalue weighted by Crippen LogP contribution is -2.28. The van der Waals surface area contributed by atoms with Crippen LogP contribution in [0.3, 0.4) is 0 Å². The Bertz CT molecular complexity index is 903. The third kappa shape index (κ3) is 5.05. The van der Waals surface area contributed by atoms with Crippen molar-refractivity contribution in [1.29, 1.82) is 0 Å². The molecule has 0 bridgehead atoms. The van der Waals surface area contributed by atoms with Gasteiger partial charge in [-0.15, -0.1) is 16.4 Å². The molecule has 2 heterocycles. The fourth-order valence-electron chi connectivity index (χ4n) is 1.70. The molecule has 28 heavy (non-hydrogen) atoms.